The number of nitrogens with one attached hydrogen (secondary N) is 2. The van der Waals surface area contributed by atoms with Gasteiger partial charge in [-0.05, 0) is 36.5 Å². The Hall–Kier alpha value is -0.870. The summed E-state index contributed by atoms with van der Waals surface area (Å²) in [5, 5.41) is 6.21. The smallest absolute Gasteiger partial charge is 0.238 e. The van der Waals surface area contributed by atoms with E-state index in [1.165, 1.54) is 32.1 Å². The van der Waals surface area contributed by atoms with E-state index in [1.807, 2.05) is 24.3 Å². The van der Waals surface area contributed by atoms with Crippen molar-refractivity contribution in [3.63, 3.8) is 0 Å². The highest BCUT2D eigenvalue weighted by Crippen LogP contribution is 2.34. The number of rotatable bonds is 5. The highest BCUT2D eigenvalue weighted by atomic mass is 79.9. The number of carbonyl (C=O) groups is 1. The Morgan fingerprint density at radius 3 is 2.75 bits per heavy atom. The molecule has 0 bridgehead atoms. The SMILES string of the molecule is CC1(CNCC(=O)Nc2cccc(Br)c2)CCCCC1. The first-order valence-electron chi connectivity index (χ1n) is 7.34. The van der Waals surface area contributed by atoms with Gasteiger partial charge in [0.15, 0.2) is 0 Å². The van der Waals surface area contributed by atoms with E-state index in [0.717, 1.165) is 16.7 Å². The van der Waals surface area contributed by atoms with E-state index in [0.29, 0.717) is 12.0 Å². The summed E-state index contributed by atoms with van der Waals surface area (Å²) in [7, 11) is 0. The molecule has 1 saturated carbocycles. The highest BCUT2D eigenvalue weighted by Gasteiger charge is 2.26. The molecule has 0 spiro atoms. The van der Waals surface area contributed by atoms with E-state index in [9.17, 15) is 4.79 Å². The van der Waals surface area contributed by atoms with Crippen molar-refractivity contribution in [1.29, 1.82) is 0 Å². The second-order valence-corrected chi connectivity index (χ2v) is 6.95. The lowest BCUT2D eigenvalue weighted by molar-refractivity contribution is -0.115. The minimum atomic E-state index is 0.0162. The Labute approximate surface area is 129 Å². The summed E-state index contributed by atoms with van der Waals surface area (Å²) in [6.45, 7) is 3.63. The first-order chi connectivity index (χ1) is 9.57. The molecule has 20 heavy (non-hydrogen) atoms. The molecule has 0 unspecified atom stereocenters. The lowest BCUT2D eigenvalue weighted by Gasteiger charge is -2.33. The number of halogens is 1. The van der Waals surface area contributed by atoms with Crippen molar-refractivity contribution in [2.45, 2.75) is 39.0 Å². The van der Waals surface area contributed by atoms with Crippen molar-refractivity contribution >= 4 is 27.5 Å². The third kappa shape index (κ3) is 4.91. The predicted octanol–water partition coefficient (Wildman–Crippen LogP) is 3.95. The van der Waals surface area contributed by atoms with Crippen LogP contribution in [-0.2, 0) is 4.79 Å². The quantitative estimate of drug-likeness (QED) is 0.853. The standard InChI is InChI=1S/C16H23BrN2O/c1-16(8-3-2-4-9-16)12-18-11-15(20)19-14-7-5-6-13(17)10-14/h5-7,10,18H,2-4,8-9,11-12H2,1H3,(H,19,20). The van der Waals surface area contributed by atoms with Gasteiger partial charge in [0.25, 0.3) is 0 Å². The van der Waals surface area contributed by atoms with Crippen LogP contribution in [0.4, 0.5) is 5.69 Å². The van der Waals surface area contributed by atoms with Crippen LogP contribution in [0.2, 0.25) is 0 Å². The molecule has 1 fully saturated rings. The van der Waals surface area contributed by atoms with Crippen molar-refractivity contribution in [1.82, 2.24) is 5.32 Å². The number of hydrogen-bond donors (Lipinski definition) is 2. The summed E-state index contributed by atoms with van der Waals surface area (Å²) in [4.78, 5) is 11.9. The Kier molecular flexibility index (Phi) is 5.61. The molecule has 0 heterocycles. The molecule has 2 rings (SSSR count). The average Bonchev–Trinajstić information content (AvgIpc) is 2.39. The van der Waals surface area contributed by atoms with Crippen LogP contribution in [0.25, 0.3) is 0 Å². The zero-order valence-corrected chi connectivity index (χ0v) is 13.6. The first kappa shape index (κ1) is 15.5. The van der Waals surface area contributed by atoms with Gasteiger partial charge in [0.05, 0.1) is 6.54 Å². The lowest BCUT2D eigenvalue weighted by atomic mass is 9.76. The second kappa shape index (κ2) is 7.23. The molecule has 0 saturated heterocycles. The molecule has 0 aliphatic heterocycles. The van der Waals surface area contributed by atoms with Gasteiger partial charge in [0.1, 0.15) is 0 Å². The van der Waals surface area contributed by atoms with Gasteiger partial charge in [-0.2, -0.15) is 0 Å². The van der Waals surface area contributed by atoms with Crippen LogP contribution in [0.1, 0.15) is 39.0 Å². The zero-order valence-electron chi connectivity index (χ0n) is 12.0. The molecule has 1 aliphatic rings. The number of carbonyl (C=O) groups excluding carboxylic acids is 1. The minimum absolute atomic E-state index is 0.0162. The summed E-state index contributed by atoms with van der Waals surface area (Å²) in [5.74, 6) is 0.0162. The van der Waals surface area contributed by atoms with Crippen molar-refractivity contribution in [3.05, 3.63) is 28.7 Å². The predicted molar refractivity (Wildman–Crippen MR) is 86.8 cm³/mol. The molecule has 4 heteroatoms. The van der Waals surface area contributed by atoms with Crippen molar-refractivity contribution in [2.24, 2.45) is 5.41 Å². The molecule has 2 N–H and O–H groups in total. The topological polar surface area (TPSA) is 41.1 Å². The zero-order chi connectivity index (χ0) is 14.4. The van der Waals surface area contributed by atoms with E-state index in [4.69, 9.17) is 0 Å². The second-order valence-electron chi connectivity index (χ2n) is 6.03. The molecule has 110 valence electrons. The van der Waals surface area contributed by atoms with Crippen LogP contribution in [0.3, 0.4) is 0 Å². The summed E-state index contributed by atoms with van der Waals surface area (Å²) < 4.78 is 0.970. The summed E-state index contributed by atoms with van der Waals surface area (Å²) in [5.41, 5.74) is 1.20. The Bertz CT molecular complexity index is 456. The molecule has 1 aromatic rings. The third-order valence-electron chi connectivity index (χ3n) is 4.01. The van der Waals surface area contributed by atoms with Crippen molar-refractivity contribution < 1.29 is 4.79 Å². The van der Waals surface area contributed by atoms with Crippen molar-refractivity contribution in [2.75, 3.05) is 18.4 Å². The maximum Gasteiger partial charge on any atom is 0.238 e. The van der Waals surface area contributed by atoms with E-state index < -0.39 is 0 Å². The molecule has 1 aromatic carbocycles. The molecule has 1 aliphatic carbocycles. The van der Waals surface area contributed by atoms with Crippen LogP contribution in [-0.4, -0.2) is 19.0 Å². The number of amides is 1. The van der Waals surface area contributed by atoms with Crippen LogP contribution < -0.4 is 10.6 Å². The Morgan fingerprint density at radius 2 is 2.05 bits per heavy atom. The van der Waals surface area contributed by atoms with Crippen molar-refractivity contribution in [3.8, 4) is 0 Å². The van der Waals surface area contributed by atoms with Crippen LogP contribution >= 0.6 is 15.9 Å². The monoisotopic (exact) mass is 338 g/mol. The van der Waals surface area contributed by atoms with Gasteiger partial charge >= 0.3 is 0 Å². The van der Waals surface area contributed by atoms with Gasteiger partial charge in [0.2, 0.25) is 5.91 Å². The molecular formula is C16H23BrN2O. The van der Waals surface area contributed by atoms with E-state index in [1.54, 1.807) is 0 Å². The van der Waals surface area contributed by atoms with E-state index in [-0.39, 0.29) is 5.91 Å². The fraction of sp³-hybridized carbons (Fsp3) is 0.562. The van der Waals surface area contributed by atoms with Gasteiger partial charge in [-0.3, -0.25) is 4.79 Å². The largest absolute Gasteiger partial charge is 0.325 e. The van der Waals surface area contributed by atoms with Crippen LogP contribution in [0, 0.1) is 5.41 Å². The van der Waals surface area contributed by atoms with Crippen LogP contribution in [0.5, 0.6) is 0 Å². The summed E-state index contributed by atoms with van der Waals surface area (Å²) in [6.07, 6.45) is 6.55. The Balaban J connectivity index is 1.72. The number of anilines is 1. The van der Waals surface area contributed by atoms with Gasteiger partial charge in [-0.25, -0.2) is 0 Å². The average molecular weight is 339 g/mol. The first-order valence-corrected chi connectivity index (χ1v) is 8.13. The van der Waals surface area contributed by atoms with Gasteiger partial charge < -0.3 is 10.6 Å². The fourth-order valence-corrected chi connectivity index (χ4v) is 3.23. The highest BCUT2D eigenvalue weighted by molar-refractivity contribution is 9.10. The molecule has 0 aromatic heterocycles. The minimum Gasteiger partial charge on any atom is -0.325 e. The van der Waals surface area contributed by atoms with E-state index in [2.05, 4.69) is 33.5 Å². The maximum absolute atomic E-state index is 11.9. The molecular weight excluding hydrogens is 316 g/mol. The van der Waals surface area contributed by atoms with Crippen LogP contribution in [0.15, 0.2) is 28.7 Å². The molecule has 0 radical (unpaired) electrons. The summed E-state index contributed by atoms with van der Waals surface area (Å²) in [6, 6.07) is 7.65. The maximum atomic E-state index is 11.9. The molecule has 1 amide bonds. The third-order valence-corrected chi connectivity index (χ3v) is 4.50. The van der Waals surface area contributed by atoms with Gasteiger partial charge in [0, 0.05) is 16.7 Å². The van der Waals surface area contributed by atoms with E-state index >= 15 is 0 Å². The van der Waals surface area contributed by atoms with Gasteiger partial charge in [-0.1, -0.05) is 48.2 Å². The normalized spacial score (nSPS) is 17.7. The molecule has 0 atom stereocenters. The number of hydrogen-bond acceptors (Lipinski definition) is 2. The summed E-state index contributed by atoms with van der Waals surface area (Å²) >= 11 is 3.40. The fourth-order valence-electron chi connectivity index (χ4n) is 2.83. The number of benzene rings is 1. The molecule has 3 nitrogen and oxygen atoms in total. The van der Waals surface area contributed by atoms with Gasteiger partial charge in [-0.15, -0.1) is 0 Å². The lowest BCUT2D eigenvalue weighted by Crippen LogP contribution is -2.37. The Morgan fingerprint density at radius 1 is 1.30 bits per heavy atom.